The molecule has 0 saturated heterocycles. The summed E-state index contributed by atoms with van der Waals surface area (Å²) in [6.07, 6.45) is 48.6. The Balaban J connectivity index is 5.19. The fraction of sp³-hybridized carbons (Fsp3) is 0.942. The summed E-state index contributed by atoms with van der Waals surface area (Å²) in [6.45, 7) is 7.20. The Morgan fingerprint density at radius 2 is 0.545 bits per heavy atom. The van der Waals surface area contributed by atoms with Crippen LogP contribution in [0.25, 0.3) is 0 Å². The fourth-order valence-corrected chi connectivity index (χ4v) is 12.0. The predicted molar refractivity (Wildman–Crippen MR) is 354 cm³/mol. The lowest BCUT2D eigenvalue weighted by molar-refractivity contribution is -0.161. The van der Waals surface area contributed by atoms with Gasteiger partial charge in [0.05, 0.1) is 26.4 Å². The Morgan fingerprint density at radius 3 is 0.807 bits per heavy atom. The molecule has 0 aromatic carbocycles. The number of phosphoric ester groups is 2. The number of phosphoric acid groups is 2. The van der Waals surface area contributed by atoms with E-state index in [1.165, 1.54) is 167 Å². The number of ether oxygens (including phenoxy) is 4. The van der Waals surface area contributed by atoms with Crippen molar-refractivity contribution >= 4 is 39.5 Å². The van der Waals surface area contributed by atoms with Crippen LogP contribution in [0.5, 0.6) is 0 Å². The molecule has 0 aromatic heterocycles. The molecule has 0 spiro atoms. The minimum Gasteiger partial charge on any atom is -0.462 e. The first-order chi connectivity index (χ1) is 42.6. The van der Waals surface area contributed by atoms with E-state index in [4.69, 9.17) is 37.0 Å². The van der Waals surface area contributed by atoms with Gasteiger partial charge in [0.25, 0.3) is 0 Å². The standard InChI is InChI=1S/C69H134O17P2/c1-6-10-13-16-19-21-23-24-25-26-27-28-29-31-33-40-45-50-55-69(74)86-65(59-80-67(72)53-48-43-38-35-34-37-41-46-51-62(5)9-4)61-84-88(77,78)82-57-63(70)56-81-87(75,76)83-60-64(58-79-66(71)52-47-42-36-18-15-12-8-3)85-68(73)54-49-44-39-32-30-22-20-17-14-11-7-2/h62-65,70H,6-61H2,1-5H3,(H,75,76)(H,77,78)/t62?,63-,64+,65+/m0/s1. The van der Waals surface area contributed by atoms with Crippen molar-refractivity contribution < 1.29 is 80.2 Å². The number of carbonyl (C=O) groups excluding carboxylic acids is 4. The summed E-state index contributed by atoms with van der Waals surface area (Å²) >= 11 is 0. The van der Waals surface area contributed by atoms with E-state index in [0.717, 1.165) is 109 Å². The Bertz CT molecular complexity index is 1710. The van der Waals surface area contributed by atoms with Gasteiger partial charge in [-0.05, 0) is 31.6 Å². The summed E-state index contributed by atoms with van der Waals surface area (Å²) in [4.78, 5) is 72.3. The van der Waals surface area contributed by atoms with Crippen molar-refractivity contribution in [3.63, 3.8) is 0 Å². The first kappa shape index (κ1) is 86.1. The molecule has 0 heterocycles. The highest BCUT2D eigenvalue weighted by Gasteiger charge is 2.30. The normalized spacial score (nSPS) is 14.4. The summed E-state index contributed by atoms with van der Waals surface area (Å²) < 4.78 is 68.1. The van der Waals surface area contributed by atoms with Gasteiger partial charge in [0.15, 0.2) is 12.2 Å². The molecule has 6 atom stereocenters. The molecule has 0 radical (unpaired) electrons. The van der Waals surface area contributed by atoms with E-state index in [0.29, 0.717) is 25.7 Å². The molecule has 0 aliphatic heterocycles. The van der Waals surface area contributed by atoms with Gasteiger partial charge in [0.2, 0.25) is 0 Å². The quantitative estimate of drug-likeness (QED) is 0.0222. The maximum atomic E-state index is 13.0. The first-order valence-corrected chi connectivity index (χ1v) is 39.2. The van der Waals surface area contributed by atoms with E-state index < -0.39 is 97.5 Å². The second-order valence-electron chi connectivity index (χ2n) is 25.2. The number of aliphatic hydroxyl groups is 1. The summed E-state index contributed by atoms with van der Waals surface area (Å²) in [7, 11) is -9.89. The Kier molecular flexibility index (Phi) is 61.1. The van der Waals surface area contributed by atoms with Gasteiger partial charge in [-0.25, -0.2) is 9.13 Å². The van der Waals surface area contributed by atoms with Gasteiger partial charge in [-0.3, -0.25) is 37.3 Å². The summed E-state index contributed by atoms with van der Waals surface area (Å²) in [5.41, 5.74) is 0. The van der Waals surface area contributed by atoms with E-state index in [-0.39, 0.29) is 25.7 Å². The largest absolute Gasteiger partial charge is 0.472 e. The van der Waals surface area contributed by atoms with Crippen molar-refractivity contribution in [1.29, 1.82) is 0 Å². The summed E-state index contributed by atoms with van der Waals surface area (Å²) in [5.74, 6) is -1.35. The van der Waals surface area contributed by atoms with Crippen molar-refractivity contribution in [2.75, 3.05) is 39.6 Å². The van der Waals surface area contributed by atoms with Crippen LogP contribution < -0.4 is 0 Å². The molecule has 0 bridgehead atoms. The lowest BCUT2D eigenvalue weighted by Gasteiger charge is -2.21. The fourth-order valence-electron chi connectivity index (χ4n) is 10.4. The second-order valence-corrected chi connectivity index (χ2v) is 28.1. The first-order valence-electron chi connectivity index (χ1n) is 36.2. The number of carbonyl (C=O) groups is 4. The number of hydrogen-bond acceptors (Lipinski definition) is 15. The number of hydrogen-bond donors (Lipinski definition) is 3. The van der Waals surface area contributed by atoms with Crippen LogP contribution in [-0.2, 0) is 65.4 Å². The molecule has 0 saturated carbocycles. The zero-order chi connectivity index (χ0) is 64.9. The van der Waals surface area contributed by atoms with E-state index in [2.05, 4.69) is 34.6 Å². The molecule has 3 N–H and O–H groups in total. The third-order valence-corrected chi connectivity index (χ3v) is 18.3. The molecule has 3 unspecified atom stereocenters. The SMILES string of the molecule is CCCCCCCCCCCCCCCCCCCCC(=O)O[C@H](COC(=O)CCCCCCCCCCC(C)CC)COP(=O)(O)OC[C@@H](O)COP(=O)(O)OC[C@@H](COC(=O)CCCCCCCCC)OC(=O)CCCCCCCCCCCCC. The van der Waals surface area contributed by atoms with Crippen LogP contribution in [0, 0.1) is 5.92 Å². The Morgan fingerprint density at radius 1 is 0.318 bits per heavy atom. The van der Waals surface area contributed by atoms with Crippen LogP contribution in [-0.4, -0.2) is 96.7 Å². The van der Waals surface area contributed by atoms with Crippen LogP contribution in [0.4, 0.5) is 0 Å². The van der Waals surface area contributed by atoms with Gasteiger partial charge in [-0.15, -0.1) is 0 Å². The summed E-state index contributed by atoms with van der Waals surface area (Å²) in [5, 5.41) is 10.6. The maximum absolute atomic E-state index is 13.0. The molecule has 19 heteroatoms. The number of esters is 4. The van der Waals surface area contributed by atoms with Gasteiger partial charge < -0.3 is 33.8 Å². The van der Waals surface area contributed by atoms with Crippen LogP contribution >= 0.6 is 15.6 Å². The highest BCUT2D eigenvalue weighted by atomic mass is 31.2. The highest BCUT2D eigenvalue weighted by Crippen LogP contribution is 2.45. The van der Waals surface area contributed by atoms with Crippen molar-refractivity contribution in [2.24, 2.45) is 5.92 Å². The lowest BCUT2D eigenvalue weighted by atomic mass is 9.99. The molecule has 0 amide bonds. The van der Waals surface area contributed by atoms with Crippen molar-refractivity contribution in [3.8, 4) is 0 Å². The number of aliphatic hydroxyl groups excluding tert-OH is 1. The molecule has 0 fully saturated rings. The molecular weight excluding hydrogens is 1160 g/mol. The zero-order valence-corrected chi connectivity index (χ0v) is 58.6. The average Bonchev–Trinajstić information content (AvgIpc) is 3.52. The average molecular weight is 1300 g/mol. The molecule has 17 nitrogen and oxygen atoms in total. The second kappa shape index (κ2) is 62.5. The molecule has 0 rings (SSSR count). The third kappa shape index (κ3) is 61.6. The molecule has 0 aromatic rings. The number of unbranched alkanes of at least 4 members (excludes halogenated alkanes) is 40. The molecule has 88 heavy (non-hydrogen) atoms. The minimum absolute atomic E-state index is 0.107. The van der Waals surface area contributed by atoms with Gasteiger partial charge in [0, 0.05) is 25.7 Å². The van der Waals surface area contributed by atoms with E-state index in [1.807, 2.05) is 0 Å². The van der Waals surface area contributed by atoms with Crippen LogP contribution in [0.2, 0.25) is 0 Å². The van der Waals surface area contributed by atoms with Gasteiger partial charge in [-0.1, -0.05) is 304 Å². The minimum atomic E-state index is -4.95. The van der Waals surface area contributed by atoms with Crippen LogP contribution in [0.1, 0.15) is 356 Å². The van der Waals surface area contributed by atoms with Gasteiger partial charge in [-0.2, -0.15) is 0 Å². The van der Waals surface area contributed by atoms with Gasteiger partial charge >= 0.3 is 39.5 Å². The Labute approximate surface area is 537 Å². The van der Waals surface area contributed by atoms with Crippen LogP contribution in [0.15, 0.2) is 0 Å². The topological polar surface area (TPSA) is 237 Å². The van der Waals surface area contributed by atoms with E-state index >= 15 is 0 Å². The third-order valence-electron chi connectivity index (χ3n) is 16.4. The number of rotatable bonds is 69. The maximum Gasteiger partial charge on any atom is 0.472 e. The van der Waals surface area contributed by atoms with Gasteiger partial charge in [0.1, 0.15) is 19.3 Å². The zero-order valence-electron chi connectivity index (χ0n) is 56.9. The van der Waals surface area contributed by atoms with Crippen molar-refractivity contribution in [1.82, 2.24) is 0 Å². The van der Waals surface area contributed by atoms with Crippen molar-refractivity contribution in [3.05, 3.63) is 0 Å². The van der Waals surface area contributed by atoms with E-state index in [1.54, 1.807) is 0 Å². The van der Waals surface area contributed by atoms with E-state index in [9.17, 15) is 43.2 Å². The molecular formula is C69H134O17P2. The monoisotopic (exact) mass is 1300 g/mol. The molecule has 0 aliphatic carbocycles. The smallest absolute Gasteiger partial charge is 0.462 e. The predicted octanol–water partition coefficient (Wildman–Crippen LogP) is 19.7. The van der Waals surface area contributed by atoms with Crippen LogP contribution in [0.3, 0.4) is 0 Å². The molecule has 522 valence electrons. The lowest BCUT2D eigenvalue weighted by Crippen LogP contribution is -2.30. The highest BCUT2D eigenvalue weighted by molar-refractivity contribution is 7.47. The summed E-state index contributed by atoms with van der Waals surface area (Å²) in [6, 6.07) is 0. The molecule has 0 aliphatic rings. The Hall–Kier alpha value is -1.94. The van der Waals surface area contributed by atoms with Crippen molar-refractivity contribution in [2.45, 2.75) is 374 Å².